The third-order valence-corrected chi connectivity index (χ3v) is 2.58. The average Bonchev–Trinajstić information content (AvgIpc) is 2.86. The zero-order chi connectivity index (χ0) is 13.8. The van der Waals surface area contributed by atoms with Crippen LogP contribution >= 0.6 is 12.2 Å². The zero-order valence-electron chi connectivity index (χ0n) is 10.1. The minimum absolute atomic E-state index is 0.0644. The number of nitrogens with one attached hydrogen (secondary N) is 2. The molecule has 3 N–H and O–H groups in total. The molecule has 0 fully saturated rings. The molecule has 0 saturated carbocycles. The Hall–Kier alpha value is -2.34. The number of phenols is 1. The molecule has 5 nitrogen and oxygen atoms in total. The van der Waals surface area contributed by atoms with E-state index in [4.69, 9.17) is 16.6 Å². The molecule has 2 rings (SSSR count). The fourth-order valence-corrected chi connectivity index (χ4v) is 1.68. The van der Waals surface area contributed by atoms with Crippen molar-refractivity contribution in [2.45, 2.75) is 6.92 Å². The second kappa shape index (κ2) is 5.53. The van der Waals surface area contributed by atoms with E-state index in [0.29, 0.717) is 5.69 Å². The zero-order valence-corrected chi connectivity index (χ0v) is 11.0. The number of carbonyl (C=O) groups excluding carboxylic acids is 1. The Kier molecular flexibility index (Phi) is 3.82. The van der Waals surface area contributed by atoms with Crippen molar-refractivity contribution >= 4 is 28.9 Å². The molecular formula is C13H12N2O3S. The Balaban J connectivity index is 2.00. The number of benzene rings is 1. The molecule has 0 aliphatic rings. The number of carbonyl (C=O) groups is 1. The Morgan fingerprint density at radius 1 is 1.37 bits per heavy atom. The van der Waals surface area contributed by atoms with E-state index in [1.807, 2.05) is 13.0 Å². The van der Waals surface area contributed by atoms with Crippen LogP contribution in [-0.2, 0) is 0 Å². The molecular weight excluding hydrogens is 264 g/mol. The van der Waals surface area contributed by atoms with Crippen LogP contribution in [0.25, 0.3) is 0 Å². The summed E-state index contributed by atoms with van der Waals surface area (Å²) in [6.45, 7) is 1.86. The van der Waals surface area contributed by atoms with E-state index in [2.05, 4.69) is 10.6 Å². The van der Waals surface area contributed by atoms with Crippen LogP contribution < -0.4 is 10.6 Å². The normalized spacial score (nSPS) is 9.95. The average molecular weight is 276 g/mol. The smallest absolute Gasteiger partial charge is 0.293 e. The molecule has 98 valence electrons. The van der Waals surface area contributed by atoms with Crippen LogP contribution in [0.1, 0.15) is 16.1 Å². The summed E-state index contributed by atoms with van der Waals surface area (Å²) < 4.78 is 4.94. The van der Waals surface area contributed by atoms with Crippen molar-refractivity contribution in [1.82, 2.24) is 5.32 Å². The SMILES string of the molecule is Cc1ccc(NC(=S)NC(=O)c2ccco2)c(O)c1. The summed E-state index contributed by atoms with van der Waals surface area (Å²) in [4.78, 5) is 11.7. The molecule has 0 aliphatic heterocycles. The number of hydrogen-bond donors (Lipinski definition) is 3. The molecule has 1 amide bonds. The largest absolute Gasteiger partial charge is 0.506 e. The van der Waals surface area contributed by atoms with Crippen molar-refractivity contribution in [3.05, 3.63) is 47.9 Å². The number of furan rings is 1. The van der Waals surface area contributed by atoms with Gasteiger partial charge in [0.2, 0.25) is 0 Å². The monoisotopic (exact) mass is 276 g/mol. The van der Waals surface area contributed by atoms with Crippen molar-refractivity contribution in [2.75, 3.05) is 5.32 Å². The lowest BCUT2D eigenvalue weighted by molar-refractivity contribution is 0.0950. The van der Waals surface area contributed by atoms with Gasteiger partial charge in [0.25, 0.3) is 5.91 Å². The van der Waals surface area contributed by atoms with Gasteiger partial charge in [-0.2, -0.15) is 0 Å². The highest BCUT2D eigenvalue weighted by atomic mass is 32.1. The van der Waals surface area contributed by atoms with Gasteiger partial charge in [-0.15, -0.1) is 0 Å². The summed E-state index contributed by atoms with van der Waals surface area (Å²) in [5.74, 6) is -0.221. The Labute approximate surface area is 115 Å². The minimum Gasteiger partial charge on any atom is -0.506 e. The second-order valence-electron chi connectivity index (χ2n) is 3.91. The van der Waals surface area contributed by atoms with Gasteiger partial charge in [0, 0.05) is 0 Å². The lowest BCUT2D eigenvalue weighted by atomic mass is 10.2. The van der Waals surface area contributed by atoms with Gasteiger partial charge in [0.1, 0.15) is 5.75 Å². The van der Waals surface area contributed by atoms with Gasteiger partial charge in [0.15, 0.2) is 10.9 Å². The van der Waals surface area contributed by atoms with Crippen LogP contribution in [0.2, 0.25) is 0 Å². The van der Waals surface area contributed by atoms with Gasteiger partial charge in [-0.3, -0.25) is 10.1 Å². The van der Waals surface area contributed by atoms with Crippen LogP contribution in [0.3, 0.4) is 0 Å². The third-order valence-electron chi connectivity index (χ3n) is 2.37. The maximum atomic E-state index is 11.7. The molecule has 0 saturated heterocycles. The van der Waals surface area contributed by atoms with Gasteiger partial charge in [0.05, 0.1) is 12.0 Å². The van der Waals surface area contributed by atoms with Gasteiger partial charge < -0.3 is 14.8 Å². The number of hydrogen-bond acceptors (Lipinski definition) is 4. The van der Waals surface area contributed by atoms with Crippen LogP contribution in [0.5, 0.6) is 5.75 Å². The minimum atomic E-state index is -0.450. The Morgan fingerprint density at radius 3 is 2.79 bits per heavy atom. The fourth-order valence-electron chi connectivity index (χ4n) is 1.47. The Morgan fingerprint density at radius 2 is 2.16 bits per heavy atom. The predicted octanol–water partition coefficient (Wildman–Crippen LogP) is 2.42. The molecule has 1 aromatic heterocycles. The second-order valence-corrected chi connectivity index (χ2v) is 4.31. The number of phenolic OH excluding ortho intramolecular Hbond substituents is 1. The Bertz CT molecular complexity index is 608. The van der Waals surface area contributed by atoms with E-state index < -0.39 is 5.91 Å². The standard InChI is InChI=1S/C13H12N2O3S/c1-8-4-5-9(10(16)7-8)14-13(19)15-12(17)11-3-2-6-18-11/h2-7,16H,1H3,(H2,14,15,17,19). The molecule has 0 radical (unpaired) electrons. The molecule has 0 aliphatic carbocycles. The topological polar surface area (TPSA) is 74.5 Å². The first kappa shape index (κ1) is 13.1. The number of rotatable bonds is 2. The highest BCUT2D eigenvalue weighted by Crippen LogP contribution is 2.23. The van der Waals surface area contributed by atoms with Crippen LogP contribution in [-0.4, -0.2) is 16.1 Å². The van der Waals surface area contributed by atoms with E-state index in [0.717, 1.165) is 5.56 Å². The molecule has 0 atom stereocenters. The van der Waals surface area contributed by atoms with Crippen molar-refractivity contribution < 1.29 is 14.3 Å². The predicted molar refractivity (Wildman–Crippen MR) is 75.2 cm³/mol. The number of aryl methyl sites for hydroxylation is 1. The van der Waals surface area contributed by atoms with Gasteiger partial charge in [-0.05, 0) is 49.0 Å². The summed E-state index contributed by atoms with van der Waals surface area (Å²) in [5, 5.41) is 15.0. The number of thiocarbonyl (C=S) groups is 1. The summed E-state index contributed by atoms with van der Waals surface area (Å²) in [6.07, 6.45) is 1.40. The third kappa shape index (κ3) is 3.32. The lowest BCUT2D eigenvalue weighted by Crippen LogP contribution is -2.33. The summed E-state index contributed by atoms with van der Waals surface area (Å²) in [7, 11) is 0. The van der Waals surface area contributed by atoms with E-state index in [1.54, 1.807) is 18.2 Å². The van der Waals surface area contributed by atoms with Crippen molar-refractivity contribution in [1.29, 1.82) is 0 Å². The van der Waals surface area contributed by atoms with Crippen LogP contribution in [0.15, 0.2) is 41.0 Å². The molecule has 1 heterocycles. The summed E-state index contributed by atoms with van der Waals surface area (Å²) in [6, 6.07) is 8.23. The van der Waals surface area contributed by atoms with Gasteiger partial charge in [-0.1, -0.05) is 6.07 Å². The van der Waals surface area contributed by atoms with Crippen molar-refractivity contribution in [3.63, 3.8) is 0 Å². The van der Waals surface area contributed by atoms with Crippen molar-refractivity contribution in [3.8, 4) is 5.75 Å². The summed E-state index contributed by atoms with van der Waals surface area (Å²) in [5.41, 5.74) is 1.35. The lowest BCUT2D eigenvalue weighted by Gasteiger charge is -2.10. The number of amides is 1. The molecule has 0 unspecified atom stereocenters. The first-order valence-electron chi connectivity index (χ1n) is 5.52. The van der Waals surface area contributed by atoms with Gasteiger partial charge >= 0.3 is 0 Å². The number of anilines is 1. The van der Waals surface area contributed by atoms with E-state index >= 15 is 0 Å². The van der Waals surface area contributed by atoms with Crippen LogP contribution in [0, 0.1) is 6.92 Å². The van der Waals surface area contributed by atoms with Crippen LogP contribution in [0.4, 0.5) is 5.69 Å². The van der Waals surface area contributed by atoms with E-state index in [9.17, 15) is 9.90 Å². The molecule has 1 aromatic carbocycles. The van der Waals surface area contributed by atoms with Gasteiger partial charge in [-0.25, -0.2) is 0 Å². The van der Waals surface area contributed by atoms with E-state index in [1.165, 1.54) is 12.3 Å². The van der Waals surface area contributed by atoms with E-state index in [-0.39, 0.29) is 16.6 Å². The molecule has 2 aromatic rings. The molecule has 19 heavy (non-hydrogen) atoms. The number of aromatic hydroxyl groups is 1. The molecule has 6 heteroatoms. The van der Waals surface area contributed by atoms with Crippen molar-refractivity contribution in [2.24, 2.45) is 0 Å². The maximum Gasteiger partial charge on any atom is 0.293 e. The maximum absolute atomic E-state index is 11.7. The fraction of sp³-hybridized carbons (Fsp3) is 0.0769. The first-order valence-corrected chi connectivity index (χ1v) is 5.92. The quantitative estimate of drug-likeness (QED) is 0.580. The highest BCUT2D eigenvalue weighted by Gasteiger charge is 2.11. The molecule has 0 spiro atoms. The molecule has 0 bridgehead atoms. The first-order chi connectivity index (χ1) is 9.06. The highest BCUT2D eigenvalue weighted by molar-refractivity contribution is 7.80. The summed E-state index contributed by atoms with van der Waals surface area (Å²) >= 11 is 4.98.